The SMILES string of the molecule is CCCCCCCCCCCCCC/C=C/CCOC[C@@H](O)COP(=O)([O-])OCC[N+](C)(C)C. The van der Waals surface area contributed by atoms with Gasteiger partial charge in [0, 0.05) is 0 Å². The lowest BCUT2D eigenvalue weighted by molar-refractivity contribution is -0.870. The summed E-state index contributed by atoms with van der Waals surface area (Å²) in [5, 5.41) is 9.82. The molecule has 34 heavy (non-hydrogen) atoms. The van der Waals surface area contributed by atoms with Crippen molar-refractivity contribution >= 4 is 7.82 Å². The summed E-state index contributed by atoms with van der Waals surface area (Å²) in [6.07, 6.45) is 21.5. The first-order chi connectivity index (χ1) is 16.2. The van der Waals surface area contributed by atoms with Gasteiger partial charge in [-0.1, -0.05) is 89.7 Å². The van der Waals surface area contributed by atoms with Crippen molar-refractivity contribution in [2.75, 3.05) is 54.1 Å². The van der Waals surface area contributed by atoms with E-state index in [1.54, 1.807) is 0 Å². The molecule has 0 bridgehead atoms. The number of allylic oxidation sites excluding steroid dienone is 1. The summed E-state index contributed by atoms with van der Waals surface area (Å²) in [6.45, 7) is 3.00. The highest BCUT2D eigenvalue weighted by atomic mass is 31.2. The van der Waals surface area contributed by atoms with Gasteiger partial charge < -0.3 is 28.3 Å². The summed E-state index contributed by atoms with van der Waals surface area (Å²) >= 11 is 0. The summed E-state index contributed by atoms with van der Waals surface area (Å²) in [5.74, 6) is 0. The second kappa shape index (κ2) is 22.0. The largest absolute Gasteiger partial charge is 0.756 e. The van der Waals surface area contributed by atoms with Crippen molar-refractivity contribution in [1.82, 2.24) is 0 Å². The predicted octanol–water partition coefficient (Wildman–Crippen LogP) is 5.61. The Morgan fingerprint density at radius 3 is 1.88 bits per heavy atom. The van der Waals surface area contributed by atoms with Gasteiger partial charge >= 0.3 is 0 Å². The zero-order valence-electron chi connectivity index (χ0n) is 22.5. The first-order valence-corrected chi connectivity index (χ1v) is 14.9. The molecule has 0 aliphatic heterocycles. The molecule has 0 heterocycles. The Morgan fingerprint density at radius 1 is 0.794 bits per heavy atom. The van der Waals surface area contributed by atoms with Crippen molar-refractivity contribution in [2.45, 2.75) is 103 Å². The molecule has 7 nitrogen and oxygen atoms in total. The Balaban J connectivity index is 3.46. The van der Waals surface area contributed by atoms with Crippen LogP contribution in [0.5, 0.6) is 0 Å². The fourth-order valence-electron chi connectivity index (χ4n) is 3.40. The second-order valence-corrected chi connectivity index (χ2v) is 11.7. The van der Waals surface area contributed by atoms with Crippen LogP contribution in [-0.4, -0.2) is 69.8 Å². The second-order valence-electron chi connectivity index (χ2n) is 10.3. The van der Waals surface area contributed by atoms with Crippen LogP contribution in [0.3, 0.4) is 0 Å². The van der Waals surface area contributed by atoms with E-state index in [2.05, 4.69) is 19.1 Å². The smallest absolute Gasteiger partial charge is 0.268 e. The molecule has 0 aliphatic rings. The lowest BCUT2D eigenvalue weighted by atomic mass is 10.0. The van der Waals surface area contributed by atoms with Gasteiger partial charge in [0.25, 0.3) is 7.82 Å². The zero-order chi connectivity index (χ0) is 25.5. The molecule has 204 valence electrons. The third-order valence-corrected chi connectivity index (χ3v) is 6.53. The quantitative estimate of drug-likeness (QED) is 0.0748. The maximum absolute atomic E-state index is 11.7. The maximum Gasteiger partial charge on any atom is 0.268 e. The van der Waals surface area contributed by atoms with Crippen LogP contribution in [0.2, 0.25) is 0 Å². The average molecular weight is 508 g/mol. The average Bonchev–Trinajstić information content (AvgIpc) is 2.76. The molecule has 8 heteroatoms. The van der Waals surface area contributed by atoms with Gasteiger partial charge in [-0.15, -0.1) is 0 Å². The predicted molar refractivity (Wildman–Crippen MR) is 139 cm³/mol. The molecule has 0 fully saturated rings. The number of phosphoric ester groups is 1. The van der Waals surface area contributed by atoms with E-state index in [-0.39, 0.29) is 19.8 Å². The van der Waals surface area contributed by atoms with Crippen molar-refractivity contribution in [2.24, 2.45) is 0 Å². The number of nitrogens with zero attached hydrogens (tertiary/aromatic N) is 1. The highest BCUT2D eigenvalue weighted by Crippen LogP contribution is 2.38. The molecular formula is C26H54NO6P. The Labute approximate surface area is 210 Å². The van der Waals surface area contributed by atoms with Gasteiger partial charge in [0.15, 0.2) is 0 Å². The van der Waals surface area contributed by atoms with Gasteiger partial charge in [-0.25, -0.2) is 0 Å². The highest BCUT2D eigenvalue weighted by Gasteiger charge is 2.15. The normalized spacial score (nSPS) is 15.1. The van der Waals surface area contributed by atoms with E-state index in [9.17, 15) is 14.6 Å². The lowest BCUT2D eigenvalue weighted by Gasteiger charge is -2.27. The van der Waals surface area contributed by atoms with Crippen LogP contribution in [0, 0.1) is 0 Å². The van der Waals surface area contributed by atoms with Gasteiger partial charge in [-0.2, -0.15) is 0 Å². The Morgan fingerprint density at radius 2 is 1.32 bits per heavy atom. The first kappa shape index (κ1) is 33.7. The van der Waals surface area contributed by atoms with E-state index < -0.39 is 13.9 Å². The number of likely N-dealkylation sites (N-methyl/N-ethyl adjacent to an activating group) is 1. The zero-order valence-corrected chi connectivity index (χ0v) is 23.4. The van der Waals surface area contributed by atoms with Crippen molar-refractivity contribution in [1.29, 1.82) is 0 Å². The Hall–Kier alpha value is -0.270. The molecule has 0 rings (SSSR count). The molecule has 0 amide bonds. The standard InChI is InChI=1S/C26H54NO6P/c1-5-6-7-8-9-10-11-12-13-14-15-16-17-18-19-20-22-31-24-26(28)25-33-34(29,30)32-23-21-27(2,3)4/h18-19,26,28H,5-17,20-25H2,1-4H3/b19-18+/t26-/m1/s1. The topological polar surface area (TPSA) is 88.0 Å². The minimum atomic E-state index is -4.40. The van der Waals surface area contributed by atoms with Gasteiger partial charge in [-0.05, 0) is 19.3 Å². The van der Waals surface area contributed by atoms with Crippen LogP contribution >= 0.6 is 7.82 Å². The van der Waals surface area contributed by atoms with Gasteiger partial charge in [-0.3, -0.25) is 4.57 Å². The third kappa shape index (κ3) is 26.3. The molecule has 2 atom stereocenters. The molecular weight excluding hydrogens is 453 g/mol. The number of hydrogen-bond acceptors (Lipinski definition) is 6. The van der Waals surface area contributed by atoms with E-state index in [0.717, 1.165) is 12.8 Å². The van der Waals surface area contributed by atoms with Gasteiger partial charge in [0.05, 0.1) is 41.0 Å². The summed E-state index contributed by atoms with van der Waals surface area (Å²) in [5.41, 5.74) is 0. The van der Waals surface area contributed by atoms with Crippen molar-refractivity contribution in [3.05, 3.63) is 12.2 Å². The molecule has 0 spiro atoms. The monoisotopic (exact) mass is 507 g/mol. The van der Waals surface area contributed by atoms with E-state index >= 15 is 0 Å². The van der Waals surface area contributed by atoms with E-state index in [1.807, 2.05) is 21.1 Å². The van der Waals surface area contributed by atoms with Crippen molar-refractivity contribution in [3.63, 3.8) is 0 Å². The van der Waals surface area contributed by atoms with Gasteiger partial charge in [0.1, 0.15) is 19.3 Å². The number of aliphatic hydroxyl groups is 1. The maximum atomic E-state index is 11.7. The molecule has 0 aromatic heterocycles. The fourth-order valence-corrected chi connectivity index (χ4v) is 4.13. The minimum Gasteiger partial charge on any atom is -0.756 e. The summed E-state index contributed by atoms with van der Waals surface area (Å²) in [7, 11) is 1.42. The number of ether oxygens (including phenoxy) is 1. The van der Waals surface area contributed by atoms with Gasteiger partial charge in [0.2, 0.25) is 0 Å². The lowest BCUT2D eigenvalue weighted by Crippen LogP contribution is -2.37. The van der Waals surface area contributed by atoms with Crippen molar-refractivity contribution < 1.29 is 32.8 Å². The number of aliphatic hydroxyl groups excluding tert-OH is 1. The summed E-state index contributed by atoms with van der Waals surface area (Å²) in [6, 6.07) is 0. The molecule has 1 N–H and O–H groups in total. The first-order valence-electron chi connectivity index (χ1n) is 13.5. The number of quaternary nitrogens is 1. The molecule has 0 radical (unpaired) electrons. The van der Waals surface area contributed by atoms with E-state index in [0.29, 0.717) is 17.6 Å². The Kier molecular flexibility index (Phi) is 21.8. The summed E-state index contributed by atoms with van der Waals surface area (Å²) < 4.78 is 27.2. The van der Waals surface area contributed by atoms with Crippen LogP contribution in [0.1, 0.15) is 96.8 Å². The summed E-state index contributed by atoms with van der Waals surface area (Å²) in [4.78, 5) is 11.7. The molecule has 0 saturated carbocycles. The molecule has 0 saturated heterocycles. The van der Waals surface area contributed by atoms with Crippen LogP contribution in [-0.2, 0) is 18.3 Å². The fraction of sp³-hybridized carbons (Fsp3) is 0.923. The Bertz CT molecular complexity index is 524. The van der Waals surface area contributed by atoms with Crippen LogP contribution in [0.4, 0.5) is 0 Å². The van der Waals surface area contributed by atoms with E-state index in [1.165, 1.54) is 77.0 Å². The van der Waals surface area contributed by atoms with Crippen LogP contribution < -0.4 is 4.89 Å². The van der Waals surface area contributed by atoms with Crippen LogP contribution in [0.25, 0.3) is 0 Å². The number of unbranched alkanes of at least 4 members (excludes halogenated alkanes) is 12. The highest BCUT2D eigenvalue weighted by molar-refractivity contribution is 7.45. The van der Waals surface area contributed by atoms with Crippen molar-refractivity contribution in [3.8, 4) is 0 Å². The molecule has 0 aromatic carbocycles. The number of phosphoric acid groups is 1. The number of rotatable bonds is 25. The van der Waals surface area contributed by atoms with Crippen LogP contribution in [0.15, 0.2) is 12.2 Å². The molecule has 0 aliphatic carbocycles. The number of hydrogen-bond donors (Lipinski definition) is 1. The molecule has 0 aromatic rings. The van der Waals surface area contributed by atoms with E-state index in [4.69, 9.17) is 13.8 Å². The molecule has 1 unspecified atom stereocenters. The third-order valence-electron chi connectivity index (χ3n) is 5.57. The minimum absolute atomic E-state index is 0.0332.